The third-order valence-corrected chi connectivity index (χ3v) is 5.56. The molecule has 0 fully saturated rings. The van der Waals surface area contributed by atoms with E-state index < -0.39 is 0 Å². The van der Waals surface area contributed by atoms with Crippen LogP contribution >= 0.6 is 54.5 Å². The molecule has 0 aliphatic heterocycles. The lowest BCUT2D eigenvalue weighted by molar-refractivity contribution is 0.105. The molecule has 0 saturated heterocycles. The summed E-state index contributed by atoms with van der Waals surface area (Å²) in [4.78, 5) is 13.6. The van der Waals surface area contributed by atoms with Gasteiger partial charge in [0.1, 0.15) is 0 Å². The zero-order chi connectivity index (χ0) is 11.5. The molecule has 0 aliphatic carbocycles. The van der Waals surface area contributed by atoms with Gasteiger partial charge in [-0.1, -0.05) is 0 Å². The van der Waals surface area contributed by atoms with Crippen molar-refractivity contribution in [3.05, 3.63) is 47.7 Å². The van der Waals surface area contributed by atoms with Crippen molar-refractivity contribution in [2.75, 3.05) is 0 Å². The molecule has 0 bridgehead atoms. The second-order valence-electron chi connectivity index (χ2n) is 2.93. The highest BCUT2D eigenvalue weighted by Gasteiger charge is 2.08. The summed E-state index contributed by atoms with van der Waals surface area (Å²) in [6, 6.07) is 3.85. The number of carbonyl (C=O) groups excluding carboxylic acids is 1. The molecule has 0 saturated carbocycles. The van der Waals surface area contributed by atoms with Crippen LogP contribution in [0.4, 0.5) is 0 Å². The van der Waals surface area contributed by atoms with Crippen LogP contribution in [0.3, 0.4) is 0 Å². The number of thiophene rings is 2. The maximum Gasteiger partial charge on any atom is 0.196 e. The van der Waals surface area contributed by atoms with Crippen molar-refractivity contribution in [1.82, 2.24) is 0 Å². The number of hydrogen-bond donors (Lipinski definition) is 0. The highest BCUT2D eigenvalue weighted by Crippen LogP contribution is 2.26. The lowest BCUT2D eigenvalue weighted by Crippen LogP contribution is -1.89. The Hall–Kier alpha value is -0.230. The van der Waals surface area contributed by atoms with Gasteiger partial charge in [-0.3, -0.25) is 4.79 Å². The SMILES string of the molecule is O=C(/C=C/c1sccc1Br)c1sccc1Br. The van der Waals surface area contributed by atoms with Gasteiger partial charge in [0.25, 0.3) is 0 Å². The van der Waals surface area contributed by atoms with E-state index in [2.05, 4.69) is 31.9 Å². The van der Waals surface area contributed by atoms with Gasteiger partial charge in [-0.15, -0.1) is 22.7 Å². The zero-order valence-corrected chi connectivity index (χ0v) is 12.7. The first-order valence-corrected chi connectivity index (χ1v) is 7.71. The molecule has 0 N–H and O–H groups in total. The summed E-state index contributed by atoms with van der Waals surface area (Å²) in [5.74, 6) is 0.0298. The Kier molecular flexibility index (Phi) is 4.13. The van der Waals surface area contributed by atoms with Crippen molar-refractivity contribution in [1.29, 1.82) is 0 Å². The quantitative estimate of drug-likeness (QED) is 0.528. The van der Waals surface area contributed by atoms with Crippen LogP contribution < -0.4 is 0 Å². The molecule has 1 nitrogen and oxygen atoms in total. The van der Waals surface area contributed by atoms with Crippen molar-refractivity contribution in [2.24, 2.45) is 0 Å². The van der Waals surface area contributed by atoms with E-state index in [0.29, 0.717) is 0 Å². The van der Waals surface area contributed by atoms with E-state index in [4.69, 9.17) is 0 Å². The molecular weight excluding hydrogens is 372 g/mol. The Morgan fingerprint density at radius 2 is 1.81 bits per heavy atom. The van der Waals surface area contributed by atoms with Gasteiger partial charge >= 0.3 is 0 Å². The average molecular weight is 378 g/mol. The van der Waals surface area contributed by atoms with E-state index in [0.717, 1.165) is 18.7 Å². The molecule has 0 aromatic carbocycles. The largest absolute Gasteiger partial charge is 0.288 e. The van der Waals surface area contributed by atoms with Crippen LogP contribution in [0.25, 0.3) is 6.08 Å². The van der Waals surface area contributed by atoms with E-state index >= 15 is 0 Å². The second-order valence-corrected chi connectivity index (χ2v) is 6.50. The number of hydrogen-bond acceptors (Lipinski definition) is 3. The summed E-state index contributed by atoms with van der Waals surface area (Å²) in [6.07, 6.45) is 3.44. The molecule has 0 aliphatic rings. The standard InChI is InChI=1S/C11H6Br2OS2/c12-7-3-5-15-10(7)2-1-9(14)11-8(13)4-6-16-11/h1-6H/b2-1+. The summed E-state index contributed by atoms with van der Waals surface area (Å²) in [5.41, 5.74) is 0. The van der Waals surface area contributed by atoms with Gasteiger partial charge in [0, 0.05) is 13.8 Å². The number of carbonyl (C=O) groups is 1. The summed E-state index contributed by atoms with van der Waals surface area (Å²) in [6.45, 7) is 0. The Balaban J connectivity index is 2.17. The first-order chi connectivity index (χ1) is 7.68. The maximum atomic E-state index is 11.8. The average Bonchev–Trinajstić information content (AvgIpc) is 2.84. The number of halogens is 2. The minimum Gasteiger partial charge on any atom is -0.288 e. The van der Waals surface area contributed by atoms with Gasteiger partial charge in [0.15, 0.2) is 5.78 Å². The van der Waals surface area contributed by atoms with Gasteiger partial charge in [-0.05, 0) is 66.9 Å². The van der Waals surface area contributed by atoms with Gasteiger partial charge < -0.3 is 0 Å². The molecule has 16 heavy (non-hydrogen) atoms. The summed E-state index contributed by atoms with van der Waals surface area (Å²) >= 11 is 9.81. The predicted molar refractivity (Wildman–Crippen MR) is 77.4 cm³/mol. The molecule has 2 aromatic heterocycles. The molecule has 5 heteroatoms. The molecule has 0 radical (unpaired) electrons. The molecule has 0 amide bonds. The molecule has 2 aromatic rings. The number of allylic oxidation sites excluding steroid dienone is 1. The first kappa shape index (κ1) is 12.2. The van der Waals surface area contributed by atoms with Gasteiger partial charge in [0.2, 0.25) is 0 Å². The summed E-state index contributed by atoms with van der Waals surface area (Å²) < 4.78 is 1.88. The van der Waals surface area contributed by atoms with Crippen molar-refractivity contribution in [3.8, 4) is 0 Å². The van der Waals surface area contributed by atoms with Crippen LogP contribution in [0.2, 0.25) is 0 Å². The number of ketones is 1. The Bertz CT molecular complexity index is 540. The van der Waals surface area contributed by atoms with Crippen molar-refractivity contribution < 1.29 is 4.79 Å². The third kappa shape index (κ3) is 2.71. The van der Waals surface area contributed by atoms with Crippen LogP contribution in [0.1, 0.15) is 14.5 Å². The fourth-order valence-electron chi connectivity index (χ4n) is 1.12. The van der Waals surface area contributed by atoms with Gasteiger partial charge in [-0.2, -0.15) is 0 Å². The van der Waals surface area contributed by atoms with E-state index in [1.54, 1.807) is 17.4 Å². The lowest BCUT2D eigenvalue weighted by Gasteiger charge is -1.91. The molecule has 2 heterocycles. The Morgan fingerprint density at radius 1 is 1.12 bits per heavy atom. The Labute approximate surface area is 118 Å². The maximum absolute atomic E-state index is 11.8. The van der Waals surface area contributed by atoms with Gasteiger partial charge in [0.05, 0.1) is 4.88 Å². The number of rotatable bonds is 3. The molecule has 2 rings (SSSR count). The van der Waals surface area contributed by atoms with E-state index in [9.17, 15) is 4.79 Å². The van der Waals surface area contributed by atoms with E-state index in [-0.39, 0.29) is 5.78 Å². The topological polar surface area (TPSA) is 17.1 Å². The van der Waals surface area contributed by atoms with Crippen molar-refractivity contribution >= 4 is 66.4 Å². The third-order valence-electron chi connectivity index (χ3n) is 1.87. The normalized spacial score (nSPS) is 11.1. The van der Waals surface area contributed by atoms with E-state index in [1.165, 1.54) is 11.3 Å². The fraction of sp³-hybridized carbons (Fsp3) is 0. The minimum absolute atomic E-state index is 0.0298. The first-order valence-electron chi connectivity index (χ1n) is 4.37. The molecule has 82 valence electrons. The van der Waals surface area contributed by atoms with Crippen LogP contribution in [-0.2, 0) is 0 Å². The van der Waals surface area contributed by atoms with Crippen molar-refractivity contribution in [2.45, 2.75) is 0 Å². The highest BCUT2D eigenvalue weighted by atomic mass is 79.9. The fourth-order valence-corrected chi connectivity index (χ4v) is 4.01. The van der Waals surface area contributed by atoms with Gasteiger partial charge in [-0.25, -0.2) is 0 Å². The lowest BCUT2D eigenvalue weighted by atomic mass is 10.3. The van der Waals surface area contributed by atoms with Crippen molar-refractivity contribution in [3.63, 3.8) is 0 Å². The van der Waals surface area contributed by atoms with Crippen LogP contribution in [0.15, 0.2) is 37.9 Å². The molecule has 0 atom stereocenters. The summed E-state index contributed by atoms with van der Waals surface area (Å²) in [5, 5.41) is 3.88. The second kappa shape index (κ2) is 5.40. The smallest absolute Gasteiger partial charge is 0.196 e. The minimum atomic E-state index is 0.0298. The monoisotopic (exact) mass is 376 g/mol. The van der Waals surface area contributed by atoms with E-state index in [1.807, 2.05) is 29.0 Å². The zero-order valence-electron chi connectivity index (χ0n) is 7.94. The molecule has 0 unspecified atom stereocenters. The van der Waals surface area contributed by atoms with Crippen LogP contribution in [0, 0.1) is 0 Å². The van der Waals surface area contributed by atoms with Crippen LogP contribution in [-0.4, -0.2) is 5.78 Å². The predicted octanol–water partition coefficient (Wildman–Crippen LogP) is 5.23. The molecular formula is C11H6Br2OS2. The molecule has 0 spiro atoms. The van der Waals surface area contributed by atoms with Crippen LogP contribution in [0.5, 0.6) is 0 Å². The Morgan fingerprint density at radius 3 is 2.38 bits per heavy atom. The summed E-state index contributed by atoms with van der Waals surface area (Å²) in [7, 11) is 0. The highest BCUT2D eigenvalue weighted by molar-refractivity contribution is 9.11.